The van der Waals surface area contributed by atoms with Gasteiger partial charge in [0.15, 0.2) is 0 Å². The Morgan fingerprint density at radius 1 is 1.00 bits per heavy atom. The molecule has 4 aromatic rings. The molecule has 0 aliphatic carbocycles. The molecule has 0 unspecified atom stereocenters. The Balaban J connectivity index is 1.78. The maximum atomic E-state index is 12.0. The van der Waals surface area contributed by atoms with Crippen molar-refractivity contribution in [1.82, 2.24) is 4.98 Å². The standard InChI is InChI=1S/C22H19N3OS/c1-15(26)25(2)20-14-16(22-24-19-10-6-7-11-21(19)27-22)12-13-18(20)23-17-8-4-3-5-9-17/h3-14,23H,1-2H3. The van der Waals surface area contributed by atoms with Gasteiger partial charge >= 0.3 is 0 Å². The lowest BCUT2D eigenvalue weighted by Crippen LogP contribution is -2.23. The number of carbonyl (C=O) groups excluding carboxylic acids is 1. The summed E-state index contributed by atoms with van der Waals surface area (Å²) in [4.78, 5) is 18.4. The minimum atomic E-state index is -0.0208. The summed E-state index contributed by atoms with van der Waals surface area (Å²) in [7, 11) is 1.79. The van der Waals surface area contributed by atoms with E-state index >= 15 is 0 Å². The number of hydrogen-bond donors (Lipinski definition) is 1. The van der Waals surface area contributed by atoms with Crippen molar-refractivity contribution in [2.24, 2.45) is 0 Å². The number of amides is 1. The topological polar surface area (TPSA) is 45.2 Å². The van der Waals surface area contributed by atoms with Crippen LogP contribution < -0.4 is 10.2 Å². The number of benzene rings is 3. The molecular formula is C22H19N3OS. The fourth-order valence-corrected chi connectivity index (χ4v) is 3.85. The smallest absolute Gasteiger partial charge is 0.223 e. The monoisotopic (exact) mass is 373 g/mol. The predicted molar refractivity (Wildman–Crippen MR) is 114 cm³/mol. The summed E-state index contributed by atoms with van der Waals surface area (Å²) in [6.07, 6.45) is 0. The molecule has 4 nitrogen and oxygen atoms in total. The van der Waals surface area contributed by atoms with Crippen LogP contribution in [0.15, 0.2) is 72.8 Å². The van der Waals surface area contributed by atoms with E-state index in [1.807, 2.05) is 66.7 Å². The number of carbonyl (C=O) groups is 1. The van der Waals surface area contributed by atoms with Gasteiger partial charge in [-0.3, -0.25) is 4.79 Å². The fourth-order valence-electron chi connectivity index (χ4n) is 2.89. The van der Waals surface area contributed by atoms with Crippen molar-refractivity contribution in [1.29, 1.82) is 0 Å². The quantitative estimate of drug-likeness (QED) is 0.500. The highest BCUT2D eigenvalue weighted by atomic mass is 32.1. The number of nitrogens with one attached hydrogen (secondary N) is 1. The van der Waals surface area contributed by atoms with Crippen LogP contribution >= 0.6 is 11.3 Å². The Hall–Kier alpha value is -3.18. The number of fused-ring (bicyclic) bond motifs is 1. The summed E-state index contributed by atoms with van der Waals surface area (Å²) in [6.45, 7) is 1.57. The molecule has 0 atom stereocenters. The number of rotatable bonds is 4. The van der Waals surface area contributed by atoms with Crippen molar-refractivity contribution in [3.05, 3.63) is 72.8 Å². The van der Waals surface area contributed by atoms with Gasteiger partial charge in [0.1, 0.15) is 5.01 Å². The van der Waals surface area contributed by atoms with Crippen LogP contribution in [0.2, 0.25) is 0 Å². The van der Waals surface area contributed by atoms with Crippen LogP contribution in [0.1, 0.15) is 6.92 Å². The first-order valence-electron chi connectivity index (χ1n) is 8.68. The molecule has 4 rings (SSSR count). The first-order chi connectivity index (χ1) is 13.1. The summed E-state index contributed by atoms with van der Waals surface area (Å²) in [6, 6.07) is 24.1. The number of para-hydroxylation sites is 2. The van der Waals surface area contributed by atoms with E-state index < -0.39 is 0 Å². The number of nitrogens with zero attached hydrogens (tertiary/aromatic N) is 2. The van der Waals surface area contributed by atoms with Crippen molar-refractivity contribution in [2.45, 2.75) is 6.92 Å². The second-order valence-corrected chi connectivity index (χ2v) is 7.32. The van der Waals surface area contributed by atoms with Gasteiger partial charge in [-0.2, -0.15) is 0 Å². The average Bonchev–Trinajstić information content (AvgIpc) is 3.12. The number of hydrogen-bond acceptors (Lipinski definition) is 4. The van der Waals surface area contributed by atoms with Gasteiger partial charge in [-0.25, -0.2) is 4.98 Å². The lowest BCUT2D eigenvalue weighted by molar-refractivity contribution is -0.116. The van der Waals surface area contributed by atoms with Crippen molar-refractivity contribution < 1.29 is 4.79 Å². The van der Waals surface area contributed by atoms with E-state index in [-0.39, 0.29) is 5.91 Å². The Bertz CT molecular complexity index is 1070. The molecule has 0 bridgehead atoms. The summed E-state index contributed by atoms with van der Waals surface area (Å²) in [5, 5.41) is 4.35. The van der Waals surface area contributed by atoms with Crippen molar-refractivity contribution in [2.75, 3.05) is 17.3 Å². The molecular weight excluding hydrogens is 354 g/mol. The molecule has 0 saturated heterocycles. The van der Waals surface area contributed by atoms with Gasteiger partial charge in [-0.05, 0) is 42.5 Å². The lowest BCUT2D eigenvalue weighted by atomic mass is 10.1. The van der Waals surface area contributed by atoms with Crippen LogP contribution in [0.25, 0.3) is 20.8 Å². The molecule has 1 N–H and O–H groups in total. The van der Waals surface area contributed by atoms with Gasteiger partial charge in [-0.1, -0.05) is 30.3 Å². The molecule has 0 fully saturated rings. The molecule has 1 aromatic heterocycles. The maximum Gasteiger partial charge on any atom is 0.223 e. The molecule has 134 valence electrons. The third-order valence-electron chi connectivity index (χ3n) is 4.43. The number of aromatic nitrogens is 1. The lowest BCUT2D eigenvalue weighted by Gasteiger charge is -2.21. The highest BCUT2D eigenvalue weighted by Gasteiger charge is 2.15. The zero-order chi connectivity index (χ0) is 18.8. The molecule has 1 amide bonds. The SMILES string of the molecule is CC(=O)N(C)c1cc(-c2nc3ccccc3s2)ccc1Nc1ccccc1. The van der Waals surface area contributed by atoms with Crippen LogP contribution in [0.3, 0.4) is 0 Å². The largest absolute Gasteiger partial charge is 0.354 e. The Labute approximate surface area is 162 Å². The van der Waals surface area contributed by atoms with E-state index in [9.17, 15) is 4.79 Å². The van der Waals surface area contributed by atoms with Crippen LogP contribution in [0.4, 0.5) is 17.1 Å². The summed E-state index contributed by atoms with van der Waals surface area (Å²) in [5.74, 6) is -0.0208. The number of thiazole rings is 1. The Morgan fingerprint density at radius 3 is 2.48 bits per heavy atom. The highest BCUT2D eigenvalue weighted by Crippen LogP contribution is 2.36. The third kappa shape index (κ3) is 3.55. The van der Waals surface area contributed by atoms with Gasteiger partial charge < -0.3 is 10.2 Å². The first kappa shape index (κ1) is 17.2. The zero-order valence-corrected chi connectivity index (χ0v) is 16.0. The molecule has 5 heteroatoms. The molecule has 0 aliphatic heterocycles. The molecule has 0 aliphatic rings. The summed E-state index contributed by atoms with van der Waals surface area (Å²) in [5.41, 5.74) is 4.67. The van der Waals surface area contributed by atoms with Gasteiger partial charge in [0.2, 0.25) is 5.91 Å². The number of anilines is 3. The average molecular weight is 373 g/mol. The van der Waals surface area contributed by atoms with E-state index in [0.29, 0.717) is 0 Å². The molecule has 3 aromatic carbocycles. The van der Waals surface area contributed by atoms with E-state index in [1.54, 1.807) is 30.2 Å². The molecule has 0 radical (unpaired) electrons. The van der Waals surface area contributed by atoms with Gasteiger partial charge in [-0.15, -0.1) is 11.3 Å². The van der Waals surface area contributed by atoms with Crippen LogP contribution in [-0.2, 0) is 4.79 Å². The minimum Gasteiger partial charge on any atom is -0.354 e. The molecule has 0 saturated carbocycles. The second-order valence-electron chi connectivity index (χ2n) is 6.29. The second kappa shape index (κ2) is 7.21. The third-order valence-corrected chi connectivity index (χ3v) is 5.51. The van der Waals surface area contributed by atoms with Crippen molar-refractivity contribution >= 4 is 44.5 Å². The maximum absolute atomic E-state index is 12.0. The van der Waals surface area contributed by atoms with Crippen LogP contribution in [-0.4, -0.2) is 17.9 Å². The van der Waals surface area contributed by atoms with Crippen molar-refractivity contribution in [3.8, 4) is 10.6 Å². The predicted octanol–water partition coefficient (Wildman–Crippen LogP) is 5.69. The van der Waals surface area contributed by atoms with E-state index in [4.69, 9.17) is 4.98 Å². The highest BCUT2D eigenvalue weighted by molar-refractivity contribution is 7.21. The van der Waals surface area contributed by atoms with E-state index in [0.717, 1.165) is 37.8 Å². The molecule has 0 spiro atoms. The van der Waals surface area contributed by atoms with Crippen LogP contribution in [0.5, 0.6) is 0 Å². The van der Waals surface area contributed by atoms with Gasteiger partial charge in [0.25, 0.3) is 0 Å². The summed E-state index contributed by atoms with van der Waals surface area (Å²) < 4.78 is 1.15. The molecule has 1 heterocycles. The normalized spacial score (nSPS) is 10.7. The fraction of sp³-hybridized carbons (Fsp3) is 0.0909. The van der Waals surface area contributed by atoms with Gasteiger partial charge in [0.05, 0.1) is 21.6 Å². The van der Waals surface area contributed by atoms with Crippen molar-refractivity contribution in [3.63, 3.8) is 0 Å². The molecule has 27 heavy (non-hydrogen) atoms. The first-order valence-corrected chi connectivity index (χ1v) is 9.50. The Morgan fingerprint density at radius 2 is 1.74 bits per heavy atom. The van der Waals surface area contributed by atoms with Gasteiger partial charge in [0, 0.05) is 25.2 Å². The van der Waals surface area contributed by atoms with E-state index in [2.05, 4.69) is 11.4 Å². The van der Waals surface area contributed by atoms with Crippen LogP contribution in [0, 0.1) is 0 Å². The van der Waals surface area contributed by atoms with E-state index in [1.165, 1.54) is 0 Å². The zero-order valence-electron chi connectivity index (χ0n) is 15.1. The summed E-state index contributed by atoms with van der Waals surface area (Å²) >= 11 is 1.65. The minimum absolute atomic E-state index is 0.0208. The Kier molecular flexibility index (Phi) is 4.60.